The van der Waals surface area contributed by atoms with E-state index in [1.165, 1.54) is 11.0 Å². The summed E-state index contributed by atoms with van der Waals surface area (Å²) in [5.74, 6) is -3.55. The van der Waals surface area contributed by atoms with E-state index in [1.54, 1.807) is 24.3 Å². The van der Waals surface area contributed by atoms with Crippen LogP contribution in [0.1, 0.15) is 55.6 Å². The molecule has 2 atom stereocenters. The number of para-hydroxylation sites is 1. The summed E-state index contributed by atoms with van der Waals surface area (Å²) in [5, 5.41) is 2.76. The van der Waals surface area contributed by atoms with Gasteiger partial charge < -0.3 is 10.1 Å². The maximum Gasteiger partial charge on any atom is 0.340 e. The molecule has 42 heavy (non-hydrogen) atoms. The predicted octanol–water partition coefficient (Wildman–Crippen LogP) is 5.50. The maximum atomic E-state index is 14.1. The number of carbonyl (C=O) groups excluding carboxylic acids is 4. The molecule has 1 fully saturated rings. The number of benzene rings is 4. The van der Waals surface area contributed by atoms with Gasteiger partial charge in [0.1, 0.15) is 0 Å². The minimum atomic E-state index is -0.786. The van der Waals surface area contributed by atoms with E-state index < -0.39 is 30.3 Å². The second kappa shape index (κ2) is 9.80. The van der Waals surface area contributed by atoms with Gasteiger partial charge in [0.25, 0.3) is 5.91 Å². The van der Waals surface area contributed by atoms with Crippen LogP contribution in [0.15, 0.2) is 91.0 Å². The molecule has 4 aliphatic rings. The highest BCUT2D eigenvalue weighted by Crippen LogP contribution is 2.61. The molecule has 3 amide bonds. The molecule has 0 aromatic heterocycles. The molecule has 7 heteroatoms. The standard InChI is InChI=1S/C35H28N2O5/c1-19-15-16-26(20(2)17-19)36-28(38)18-42-35(41)25-13-7-8-14-27(25)37-33(39)31-29-21-9-3-4-10-22(21)30(32(31)34(37)40)24-12-6-5-11-23(24)29/h3-17,29-32H,18H2,1-2H3,(H,36,38)/t29?,30?,31-,32-/m1/s1. The van der Waals surface area contributed by atoms with Crippen molar-refractivity contribution in [1.82, 2.24) is 0 Å². The average Bonchev–Trinajstić information content (AvgIpc) is 3.27. The Morgan fingerprint density at radius 2 is 1.26 bits per heavy atom. The first-order valence-corrected chi connectivity index (χ1v) is 14.0. The maximum absolute atomic E-state index is 14.1. The quantitative estimate of drug-likeness (QED) is 0.259. The molecule has 0 saturated carbocycles. The van der Waals surface area contributed by atoms with Crippen LogP contribution in [0.2, 0.25) is 0 Å². The Morgan fingerprint density at radius 3 is 1.81 bits per heavy atom. The Morgan fingerprint density at radius 1 is 0.738 bits per heavy atom. The zero-order valence-electron chi connectivity index (χ0n) is 23.2. The van der Waals surface area contributed by atoms with Crippen LogP contribution < -0.4 is 10.2 Å². The SMILES string of the molecule is Cc1ccc(NC(=O)COC(=O)c2ccccc2N2C(=O)[C@@H]3C4c5ccccc5C(c5ccccc54)[C@H]3C2=O)c(C)c1. The van der Waals surface area contributed by atoms with Gasteiger partial charge in [0, 0.05) is 17.5 Å². The van der Waals surface area contributed by atoms with Crippen LogP contribution >= 0.6 is 0 Å². The summed E-state index contributed by atoms with van der Waals surface area (Å²) in [6.45, 7) is 3.34. The summed E-state index contributed by atoms with van der Waals surface area (Å²) in [6, 6.07) is 28.1. The third-order valence-corrected chi connectivity index (χ3v) is 8.80. The van der Waals surface area contributed by atoms with Gasteiger partial charge >= 0.3 is 5.97 Å². The molecule has 4 aromatic rings. The molecule has 4 aromatic carbocycles. The third kappa shape index (κ3) is 3.88. The Kier molecular flexibility index (Phi) is 6.04. The first-order valence-electron chi connectivity index (χ1n) is 14.0. The van der Waals surface area contributed by atoms with E-state index in [0.717, 1.165) is 33.4 Å². The lowest BCUT2D eigenvalue weighted by atomic mass is 9.55. The van der Waals surface area contributed by atoms with Crippen molar-refractivity contribution in [3.63, 3.8) is 0 Å². The van der Waals surface area contributed by atoms with Crippen molar-refractivity contribution in [1.29, 1.82) is 0 Å². The molecule has 3 aliphatic carbocycles. The van der Waals surface area contributed by atoms with E-state index in [9.17, 15) is 19.2 Å². The third-order valence-electron chi connectivity index (χ3n) is 8.80. The number of hydrogen-bond acceptors (Lipinski definition) is 5. The van der Waals surface area contributed by atoms with Crippen molar-refractivity contribution in [2.24, 2.45) is 11.8 Å². The topological polar surface area (TPSA) is 92.8 Å². The number of nitrogens with zero attached hydrogens (tertiary/aromatic N) is 1. The smallest absolute Gasteiger partial charge is 0.340 e. The lowest BCUT2D eigenvalue weighted by Gasteiger charge is -2.45. The fourth-order valence-electron chi connectivity index (χ4n) is 7.10. The number of hydrogen-bond donors (Lipinski definition) is 1. The van der Waals surface area contributed by atoms with E-state index in [2.05, 4.69) is 5.32 Å². The number of ether oxygens (including phenoxy) is 1. The van der Waals surface area contributed by atoms with Crippen LogP contribution in [0.4, 0.5) is 11.4 Å². The second-order valence-corrected chi connectivity index (χ2v) is 11.2. The second-order valence-electron chi connectivity index (χ2n) is 11.2. The number of amides is 3. The van der Waals surface area contributed by atoms with Gasteiger partial charge in [-0.25, -0.2) is 9.69 Å². The molecule has 2 bridgehead atoms. The van der Waals surface area contributed by atoms with Crippen LogP contribution in [0.25, 0.3) is 0 Å². The molecule has 1 N–H and O–H groups in total. The van der Waals surface area contributed by atoms with E-state index in [1.807, 2.05) is 74.5 Å². The summed E-state index contributed by atoms with van der Waals surface area (Å²) >= 11 is 0. The number of anilines is 2. The molecule has 1 heterocycles. The molecular weight excluding hydrogens is 528 g/mol. The zero-order valence-corrected chi connectivity index (χ0v) is 23.2. The van der Waals surface area contributed by atoms with E-state index in [-0.39, 0.29) is 34.9 Å². The molecule has 1 aliphatic heterocycles. The fraction of sp³-hybridized carbons (Fsp3) is 0.200. The van der Waals surface area contributed by atoms with Gasteiger partial charge in [-0.15, -0.1) is 0 Å². The molecule has 0 radical (unpaired) electrons. The normalized spacial score (nSPS) is 21.4. The van der Waals surface area contributed by atoms with Crippen LogP contribution in [0.5, 0.6) is 0 Å². The van der Waals surface area contributed by atoms with Crippen LogP contribution in [-0.4, -0.2) is 30.3 Å². The van der Waals surface area contributed by atoms with Crippen molar-refractivity contribution in [3.8, 4) is 0 Å². The van der Waals surface area contributed by atoms with E-state index in [0.29, 0.717) is 5.69 Å². The zero-order chi connectivity index (χ0) is 29.1. The van der Waals surface area contributed by atoms with E-state index >= 15 is 0 Å². The number of carbonyl (C=O) groups is 4. The van der Waals surface area contributed by atoms with Gasteiger partial charge in [-0.05, 0) is 59.9 Å². The summed E-state index contributed by atoms with van der Waals surface area (Å²) in [6.07, 6.45) is 0. The summed E-state index contributed by atoms with van der Waals surface area (Å²) in [4.78, 5) is 55.3. The molecule has 0 unspecified atom stereocenters. The van der Waals surface area contributed by atoms with Crippen molar-refractivity contribution in [2.75, 3.05) is 16.8 Å². The highest BCUT2D eigenvalue weighted by Gasteiger charge is 2.62. The van der Waals surface area contributed by atoms with Crippen LogP contribution in [0.3, 0.4) is 0 Å². The predicted molar refractivity (Wildman–Crippen MR) is 157 cm³/mol. The van der Waals surface area contributed by atoms with Gasteiger partial charge in [-0.3, -0.25) is 14.4 Å². The highest BCUT2D eigenvalue weighted by molar-refractivity contribution is 6.25. The summed E-state index contributed by atoms with van der Waals surface area (Å²) in [5.41, 5.74) is 7.14. The number of imide groups is 1. The lowest BCUT2D eigenvalue weighted by Crippen LogP contribution is -2.41. The Bertz CT molecular complexity index is 1700. The van der Waals surface area contributed by atoms with Gasteiger partial charge in [0.15, 0.2) is 6.61 Å². The Balaban J connectivity index is 1.17. The van der Waals surface area contributed by atoms with Crippen molar-refractivity contribution in [2.45, 2.75) is 25.7 Å². The average molecular weight is 557 g/mol. The monoisotopic (exact) mass is 556 g/mol. The molecule has 7 nitrogen and oxygen atoms in total. The van der Waals surface area contributed by atoms with Gasteiger partial charge in [-0.1, -0.05) is 78.4 Å². The van der Waals surface area contributed by atoms with Gasteiger partial charge in [-0.2, -0.15) is 0 Å². The summed E-state index contributed by atoms with van der Waals surface area (Å²) in [7, 11) is 0. The Hall–Kier alpha value is -5.04. The number of rotatable bonds is 5. The lowest BCUT2D eigenvalue weighted by molar-refractivity contribution is -0.122. The highest BCUT2D eigenvalue weighted by atomic mass is 16.5. The first-order chi connectivity index (χ1) is 20.3. The van der Waals surface area contributed by atoms with Gasteiger partial charge in [0.2, 0.25) is 11.8 Å². The van der Waals surface area contributed by atoms with E-state index in [4.69, 9.17) is 4.74 Å². The molecular formula is C35H28N2O5. The number of esters is 1. The minimum Gasteiger partial charge on any atom is -0.452 e. The molecule has 8 rings (SSSR count). The number of nitrogens with one attached hydrogen (secondary N) is 1. The summed E-state index contributed by atoms with van der Waals surface area (Å²) < 4.78 is 5.37. The van der Waals surface area contributed by atoms with Crippen molar-refractivity contribution in [3.05, 3.63) is 130 Å². The largest absolute Gasteiger partial charge is 0.452 e. The molecule has 208 valence electrons. The first kappa shape index (κ1) is 25.9. The van der Waals surface area contributed by atoms with Crippen LogP contribution in [-0.2, 0) is 19.1 Å². The van der Waals surface area contributed by atoms with Gasteiger partial charge in [0.05, 0.1) is 23.1 Å². The number of aryl methyl sites for hydroxylation is 2. The fourth-order valence-corrected chi connectivity index (χ4v) is 7.10. The molecule has 1 saturated heterocycles. The van der Waals surface area contributed by atoms with Crippen LogP contribution in [0, 0.1) is 25.7 Å². The van der Waals surface area contributed by atoms with Crippen molar-refractivity contribution >= 4 is 35.1 Å². The Labute approximate surface area is 243 Å². The van der Waals surface area contributed by atoms with Crippen molar-refractivity contribution < 1.29 is 23.9 Å². The molecule has 0 spiro atoms. The minimum absolute atomic E-state index is 0.0551.